The summed E-state index contributed by atoms with van der Waals surface area (Å²) >= 11 is 2.95. The van der Waals surface area contributed by atoms with Crippen LogP contribution in [0.2, 0.25) is 0 Å². The monoisotopic (exact) mass is 387 g/mol. The number of thiophene rings is 1. The Kier molecular flexibility index (Phi) is 4.91. The van der Waals surface area contributed by atoms with E-state index in [0.29, 0.717) is 10.7 Å². The van der Waals surface area contributed by atoms with E-state index in [4.69, 9.17) is 4.74 Å². The third kappa shape index (κ3) is 3.74. The molecule has 9 heteroatoms. The number of aromatic nitrogens is 3. The van der Waals surface area contributed by atoms with Gasteiger partial charge in [0, 0.05) is 19.3 Å². The standard InChI is InChI=1S/C17H17N5O2S2/c1-11-7-22(8-14(24-11)13-4-5-25-9-13)15-3-2-12(6-18-15)16(23)20-17-21-19-10-26-17/h2-6,9-11,14H,7-8H2,1H3,(H,20,21,23). The van der Waals surface area contributed by atoms with Crippen molar-refractivity contribution in [3.63, 3.8) is 0 Å². The second kappa shape index (κ2) is 7.48. The van der Waals surface area contributed by atoms with Crippen LogP contribution in [0.1, 0.15) is 28.9 Å². The van der Waals surface area contributed by atoms with E-state index in [1.807, 2.05) is 6.07 Å². The van der Waals surface area contributed by atoms with Crippen LogP contribution in [0.25, 0.3) is 0 Å². The minimum atomic E-state index is -0.243. The van der Waals surface area contributed by atoms with E-state index in [-0.39, 0.29) is 18.1 Å². The Hall–Kier alpha value is -2.36. The Morgan fingerprint density at radius 3 is 2.96 bits per heavy atom. The van der Waals surface area contributed by atoms with E-state index < -0.39 is 0 Å². The molecule has 0 bridgehead atoms. The SMILES string of the molecule is CC1CN(c2ccc(C(=O)Nc3nncs3)cn2)CC(c2ccsc2)O1. The molecule has 1 amide bonds. The number of amides is 1. The van der Waals surface area contributed by atoms with Gasteiger partial charge >= 0.3 is 0 Å². The molecule has 2 atom stereocenters. The third-order valence-corrected chi connectivity index (χ3v) is 5.40. The summed E-state index contributed by atoms with van der Waals surface area (Å²) < 4.78 is 6.06. The van der Waals surface area contributed by atoms with E-state index in [2.05, 4.69) is 49.1 Å². The van der Waals surface area contributed by atoms with Gasteiger partial charge in [-0.2, -0.15) is 11.3 Å². The number of hydrogen-bond acceptors (Lipinski definition) is 8. The van der Waals surface area contributed by atoms with Crippen molar-refractivity contribution in [2.75, 3.05) is 23.3 Å². The number of ether oxygens (including phenoxy) is 1. The molecule has 3 aromatic rings. The molecule has 2 unspecified atom stereocenters. The van der Waals surface area contributed by atoms with Crippen LogP contribution in [0.15, 0.2) is 40.7 Å². The van der Waals surface area contributed by atoms with E-state index in [1.165, 1.54) is 16.9 Å². The molecule has 4 heterocycles. The maximum Gasteiger partial charge on any atom is 0.259 e. The van der Waals surface area contributed by atoms with Gasteiger partial charge in [-0.3, -0.25) is 10.1 Å². The predicted octanol–water partition coefficient (Wildman–Crippen LogP) is 3.21. The molecular formula is C17H17N5O2S2. The van der Waals surface area contributed by atoms with Crippen LogP contribution < -0.4 is 10.2 Å². The number of rotatable bonds is 4. The van der Waals surface area contributed by atoms with Gasteiger partial charge in [0.1, 0.15) is 17.4 Å². The highest BCUT2D eigenvalue weighted by molar-refractivity contribution is 7.13. The first-order valence-electron chi connectivity index (χ1n) is 8.15. The van der Waals surface area contributed by atoms with Gasteiger partial charge in [0.25, 0.3) is 5.91 Å². The molecule has 134 valence electrons. The summed E-state index contributed by atoms with van der Waals surface area (Å²) in [5, 5.41) is 14.9. The van der Waals surface area contributed by atoms with Crippen molar-refractivity contribution in [1.29, 1.82) is 0 Å². The summed E-state index contributed by atoms with van der Waals surface area (Å²) in [5.74, 6) is 0.597. The Morgan fingerprint density at radius 1 is 1.35 bits per heavy atom. The molecule has 1 saturated heterocycles. The maximum absolute atomic E-state index is 12.2. The first kappa shape index (κ1) is 17.1. The lowest BCUT2D eigenvalue weighted by atomic mass is 10.1. The van der Waals surface area contributed by atoms with Crippen molar-refractivity contribution in [2.45, 2.75) is 19.1 Å². The second-order valence-corrected chi connectivity index (χ2v) is 7.61. The summed E-state index contributed by atoms with van der Waals surface area (Å²) in [7, 11) is 0. The topological polar surface area (TPSA) is 80.2 Å². The molecule has 4 rings (SSSR count). The fraction of sp³-hybridized carbons (Fsp3) is 0.294. The normalized spacial score (nSPS) is 20.1. The van der Waals surface area contributed by atoms with Gasteiger partial charge in [-0.1, -0.05) is 11.3 Å². The highest BCUT2D eigenvalue weighted by Gasteiger charge is 2.27. The van der Waals surface area contributed by atoms with E-state index in [1.54, 1.807) is 29.1 Å². The Morgan fingerprint density at radius 2 is 2.27 bits per heavy atom. The molecule has 0 saturated carbocycles. The number of nitrogens with one attached hydrogen (secondary N) is 1. The van der Waals surface area contributed by atoms with Crippen LogP contribution in [0.5, 0.6) is 0 Å². The van der Waals surface area contributed by atoms with Gasteiger partial charge in [0.05, 0.1) is 11.7 Å². The van der Waals surface area contributed by atoms with Crippen molar-refractivity contribution in [3.05, 3.63) is 51.8 Å². The van der Waals surface area contributed by atoms with Crippen molar-refractivity contribution < 1.29 is 9.53 Å². The Balaban J connectivity index is 1.46. The summed E-state index contributed by atoms with van der Waals surface area (Å²) in [6.45, 7) is 3.57. The largest absolute Gasteiger partial charge is 0.367 e. The highest BCUT2D eigenvalue weighted by atomic mass is 32.1. The molecule has 0 spiro atoms. The molecule has 0 radical (unpaired) electrons. The van der Waals surface area contributed by atoms with E-state index in [0.717, 1.165) is 18.9 Å². The summed E-state index contributed by atoms with van der Waals surface area (Å²) in [5.41, 5.74) is 3.25. The first-order valence-corrected chi connectivity index (χ1v) is 9.97. The van der Waals surface area contributed by atoms with Crippen LogP contribution >= 0.6 is 22.7 Å². The van der Waals surface area contributed by atoms with Gasteiger partial charge in [-0.25, -0.2) is 4.98 Å². The second-order valence-electron chi connectivity index (χ2n) is 6.00. The number of anilines is 2. The first-order chi connectivity index (χ1) is 12.7. The molecule has 0 aromatic carbocycles. The number of pyridine rings is 1. The third-order valence-electron chi connectivity index (χ3n) is 4.09. The number of carbonyl (C=O) groups is 1. The molecule has 1 aliphatic rings. The van der Waals surface area contributed by atoms with Crippen molar-refractivity contribution in [2.24, 2.45) is 0 Å². The quantitative estimate of drug-likeness (QED) is 0.740. The van der Waals surface area contributed by atoms with Crippen LogP contribution in [0.3, 0.4) is 0 Å². The lowest BCUT2D eigenvalue weighted by Gasteiger charge is -2.37. The number of nitrogens with zero attached hydrogens (tertiary/aromatic N) is 4. The highest BCUT2D eigenvalue weighted by Crippen LogP contribution is 2.29. The van der Waals surface area contributed by atoms with Gasteiger partial charge in [-0.05, 0) is 41.4 Å². The lowest BCUT2D eigenvalue weighted by molar-refractivity contribution is -0.0174. The van der Waals surface area contributed by atoms with Crippen LogP contribution in [-0.2, 0) is 4.74 Å². The molecular weight excluding hydrogens is 370 g/mol. The van der Waals surface area contributed by atoms with Crippen LogP contribution in [0, 0.1) is 0 Å². The van der Waals surface area contributed by atoms with Crippen LogP contribution in [0.4, 0.5) is 10.9 Å². The fourth-order valence-electron chi connectivity index (χ4n) is 2.89. The molecule has 7 nitrogen and oxygen atoms in total. The zero-order chi connectivity index (χ0) is 17.9. The molecule has 1 fully saturated rings. The molecule has 3 aromatic heterocycles. The zero-order valence-electron chi connectivity index (χ0n) is 14.0. The smallest absolute Gasteiger partial charge is 0.259 e. The average molecular weight is 387 g/mol. The minimum Gasteiger partial charge on any atom is -0.367 e. The van der Waals surface area contributed by atoms with Crippen molar-refractivity contribution in [3.8, 4) is 0 Å². The van der Waals surface area contributed by atoms with Gasteiger partial charge < -0.3 is 9.64 Å². The Bertz CT molecular complexity index is 852. The Labute approximate surface area is 158 Å². The maximum atomic E-state index is 12.2. The number of morpholine rings is 1. The zero-order valence-corrected chi connectivity index (χ0v) is 15.7. The minimum absolute atomic E-state index is 0.0344. The molecule has 0 aliphatic carbocycles. The molecule has 1 aliphatic heterocycles. The van der Waals surface area contributed by atoms with Gasteiger partial charge in [-0.15, -0.1) is 10.2 Å². The summed E-state index contributed by atoms with van der Waals surface area (Å²) in [6.07, 6.45) is 1.73. The van der Waals surface area contributed by atoms with E-state index >= 15 is 0 Å². The molecule has 26 heavy (non-hydrogen) atoms. The average Bonchev–Trinajstić information content (AvgIpc) is 3.35. The van der Waals surface area contributed by atoms with Crippen molar-refractivity contribution in [1.82, 2.24) is 15.2 Å². The number of carbonyl (C=O) groups excluding carboxylic acids is 1. The van der Waals surface area contributed by atoms with E-state index in [9.17, 15) is 4.79 Å². The van der Waals surface area contributed by atoms with Gasteiger partial charge in [0.15, 0.2) is 0 Å². The van der Waals surface area contributed by atoms with Gasteiger partial charge in [0.2, 0.25) is 5.13 Å². The fourth-order valence-corrected chi connectivity index (χ4v) is 4.03. The summed E-state index contributed by atoms with van der Waals surface area (Å²) in [6, 6.07) is 5.75. The summed E-state index contributed by atoms with van der Waals surface area (Å²) in [4.78, 5) is 18.9. The predicted molar refractivity (Wildman–Crippen MR) is 102 cm³/mol. The number of hydrogen-bond donors (Lipinski definition) is 1. The van der Waals surface area contributed by atoms with Crippen LogP contribution in [-0.4, -0.2) is 40.3 Å². The lowest BCUT2D eigenvalue weighted by Crippen LogP contribution is -2.43. The van der Waals surface area contributed by atoms with Crippen molar-refractivity contribution >= 4 is 39.5 Å². The molecule has 1 N–H and O–H groups in total.